The molecule has 0 aliphatic heterocycles. The van der Waals surface area contributed by atoms with Crippen LogP contribution in [0.15, 0.2) is 41.6 Å². The Morgan fingerprint density at radius 3 is 2.75 bits per heavy atom. The summed E-state index contributed by atoms with van der Waals surface area (Å²) in [6, 6.07) is 5.93. The number of sulfonamides is 1. The number of aromatic nitrogens is 2. The van der Waals surface area contributed by atoms with Gasteiger partial charge >= 0.3 is 0 Å². The third kappa shape index (κ3) is 3.45. The highest BCUT2D eigenvalue weighted by Gasteiger charge is 2.37. The molecule has 8 heteroatoms. The van der Waals surface area contributed by atoms with Crippen molar-refractivity contribution in [1.29, 1.82) is 0 Å². The van der Waals surface area contributed by atoms with Crippen LogP contribution in [0.25, 0.3) is 0 Å². The molecular weight excluding hydrogens is 330 g/mol. The summed E-state index contributed by atoms with van der Waals surface area (Å²) in [4.78, 5) is 0.149. The zero-order valence-electron chi connectivity index (χ0n) is 13.6. The van der Waals surface area contributed by atoms with Crippen molar-refractivity contribution in [1.82, 2.24) is 14.5 Å². The monoisotopic (exact) mass is 351 g/mol. The SMILES string of the molecule is COc1cccc(S(=O)(=O)NC(c2cnn(C)c2)C2CC(O)C2)c1. The third-order valence-electron chi connectivity index (χ3n) is 4.34. The number of aliphatic hydroxyl groups is 1. The summed E-state index contributed by atoms with van der Waals surface area (Å²) in [5.41, 5.74) is 0.792. The smallest absolute Gasteiger partial charge is 0.241 e. The Morgan fingerprint density at radius 1 is 1.42 bits per heavy atom. The van der Waals surface area contributed by atoms with E-state index in [1.54, 1.807) is 36.3 Å². The first kappa shape index (κ1) is 16.9. The molecule has 1 saturated carbocycles. The Kier molecular flexibility index (Phi) is 4.62. The van der Waals surface area contributed by atoms with E-state index in [4.69, 9.17) is 4.74 Å². The minimum atomic E-state index is -3.72. The topological polar surface area (TPSA) is 93.5 Å². The number of benzene rings is 1. The number of hydrogen-bond donors (Lipinski definition) is 2. The molecule has 2 aromatic rings. The molecule has 0 amide bonds. The number of nitrogens with one attached hydrogen (secondary N) is 1. The molecule has 24 heavy (non-hydrogen) atoms. The van der Waals surface area contributed by atoms with Gasteiger partial charge in [-0.25, -0.2) is 13.1 Å². The van der Waals surface area contributed by atoms with E-state index >= 15 is 0 Å². The molecule has 130 valence electrons. The van der Waals surface area contributed by atoms with E-state index in [2.05, 4.69) is 9.82 Å². The quantitative estimate of drug-likeness (QED) is 0.816. The molecule has 0 radical (unpaired) electrons. The Hall–Kier alpha value is -1.90. The number of hydrogen-bond acceptors (Lipinski definition) is 5. The van der Waals surface area contributed by atoms with Gasteiger partial charge in [0.1, 0.15) is 5.75 Å². The first-order valence-corrected chi connectivity index (χ1v) is 9.20. The third-order valence-corrected chi connectivity index (χ3v) is 5.78. The maximum absolute atomic E-state index is 12.8. The van der Waals surface area contributed by atoms with Gasteiger partial charge < -0.3 is 9.84 Å². The van der Waals surface area contributed by atoms with Gasteiger partial charge in [-0.1, -0.05) is 6.07 Å². The van der Waals surface area contributed by atoms with E-state index in [0.717, 1.165) is 5.56 Å². The molecular formula is C16H21N3O4S. The number of nitrogens with zero attached hydrogens (tertiary/aromatic N) is 2. The lowest BCUT2D eigenvalue weighted by atomic mass is 9.76. The Labute approximate surface area is 141 Å². The van der Waals surface area contributed by atoms with Crippen LogP contribution in [0.1, 0.15) is 24.4 Å². The molecule has 0 saturated heterocycles. The fourth-order valence-electron chi connectivity index (χ4n) is 2.94. The molecule has 3 rings (SSSR count). The molecule has 7 nitrogen and oxygen atoms in total. The van der Waals surface area contributed by atoms with Crippen LogP contribution in [0.5, 0.6) is 5.75 Å². The van der Waals surface area contributed by atoms with Crippen LogP contribution in [0.4, 0.5) is 0 Å². The maximum atomic E-state index is 12.8. The molecule has 1 atom stereocenters. The van der Waals surface area contributed by atoms with Gasteiger partial charge in [-0.05, 0) is 30.9 Å². The van der Waals surface area contributed by atoms with E-state index in [1.807, 2.05) is 0 Å². The summed E-state index contributed by atoms with van der Waals surface area (Å²) in [7, 11) is -0.440. The minimum absolute atomic E-state index is 0.0459. The first-order chi connectivity index (χ1) is 11.4. The molecule has 1 fully saturated rings. The van der Waals surface area contributed by atoms with Crippen LogP contribution in [0, 0.1) is 5.92 Å². The second kappa shape index (κ2) is 6.54. The molecule has 1 heterocycles. The zero-order valence-corrected chi connectivity index (χ0v) is 14.4. The van der Waals surface area contributed by atoms with Crippen molar-refractivity contribution in [2.24, 2.45) is 13.0 Å². The number of aliphatic hydroxyl groups excluding tert-OH is 1. The second-order valence-electron chi connectivity index (χ2n) is 6.11. The van der Waals surface area contributed by atoms with E-state index in [-0.39, 0.29) is 16.9 Å². The van der Waals surface area contributed by atoms with Crippen LogP contribution in [0.3, 0.4) is 0 Å². The average Bonchev–Trinajstić information content (AvgIpc) is 2.96. The number of ether oxygens (including phenoxy) is 1. The van der Waals surface area contributed by atoms with Gasteiger partial charge in [0, 0.05) is 24.9 Å². The van der Waals surface area contributed by atoms with E-state index in [9.17, 15) is 13.5 Å². The Balaban J connectivity index is 1.88. The van der Waals surface area contributed by atoms with Crippen molar-refractivity contribution in [2.75, 3.05) is 7.11 Å². The van der Waals surface area contributed by atoms with Gasteiger partial charge in [0.15, 0.2) is 0 Å². The highest BCUT2D eigenvalue weighted by atomic mass is 32.2. The van der Waals surface area contributed by atoms with Crippen molar-refractivity contribution in [2.45, 2.75) is 29.9 Å². The Bertz CT molecular complexity index is 812. The summed E-state index contributed by atoms with van der Waals surface area (Å²) >= 11 is 0. The largest absolute Gasteiger partial charge is 0.497 e. The predicted molar refractivity (Wildman–Crippen MR) is 88.0 cm³/mol. The fraction of sp³-hybridized carbons (Fsp3) is 0.438. The van der Waals surface area contributed by atoms with E-state index in [0.29, 0.717) is 18.6 Å². The van der Waals surface area contributed by atoms with E-state index < -0.39 is 16.1 Å². The Morgan fingerprint density at radius 2 is 2.17 bits per heavy atom. The maximum Gasteiger partial charge on any atom is 0.241 e. The first-order valence-electron chi connectivity index (χ1n) is 7.72. The fourth-order valence-corrected chi connectivity index (χ4v) is 4.27. The summed E-state index contributed by atoms with van der Waals surface area (Å²) in [5.74, 6) is 0.527. The van der Waals surface area contributed by atoms with Gasteiger partial charge in [0.25, 0.3) is 0 Å². The lowest BCUT2D eigenvalue weighted by Gasteiger charge is -2.37. The van der Waals surface area contributed by atoms with Crippen LogP contribution in [-0.2, 0) is 17.1 Å². The molecule has 0 spiro atoms. The van der Waals surface area contributed by atoms with Crippen LogP contribution < -0.4 is 9.46 Å². The molecule has 0 bridgehead atoms. The van der Waals surface area contributed by atoms with E-state index in [1.165, 1.54) is 19.2 Å². The van der Waals surface area contributed by atoms with Gasteiger partial charge in [-0.2, -0.15) is 5.10 Å². The predicted octanol–water partition coefficient (Wildman–Crippen LogP) is 1.22. The number of methoxy groups -OCH3 is 1. The van der Waals surface area contributed by atoms with Gasteiger partial charge in [-0.15, -0.1) is 0 Å². The van der Waals surface area contributed by atoms with Crippen LogP contribution >= 0.6 is 0 Å². The molecule has 1 aromatic heterocycles. The van der Waals surface area contributed by atoms with Crippen LogP contribution in [0.2, 0.25) is 0 Å². The van der Waals surface area contributed by atoms with Gasteiger partial charge in [0.05, 0.1) is 30.3 Å². The van der Waals surface area contributed by atoms with Crippen molar-refractivity contribution >= 4 is 10.0 Å². The standard InChI is InChI=1S/C16H21N3O4S/c1-19-10-12(9-17-19)16(11-6-13(20)7-11)18-24(21,22)15-5-3-4-14(8-15)23-2/h3-5,8-11,13,16,18,20H,6-7H2,1-2H3. The van der Waals surface area contributed by atoms with Gasteiger partial charge in [-0.3, -0.25) is 4.68 Å². The number of rotatable bonds is 6. The lowest BCUT2D eigenvalue weighted by molar-refractivity contribution is 0.0280. The highest BCUT2D eigenvalue weighted by Crippen LogP contribution is 2.38. The van der Waals surface area contributed by atoms with Crippen molar-refractivity contribution < 1.29 is 18.3 Å². The second-order valence-corrected chi connectivity index (χ2v) is 7.82. The summed E-state index contributed by atoms with van der Waals surface area (Å²) in [5, 5.41) is 13.7. The van der Waals surface area contributed by atoms with Gasteiger partial charge in [0.2, 0.25) is 10.0 Å². The summed E-state index contributed by atoms with van der Waals surface area (Å²) in [6.45, 7) is 0. The van der Waals surface area contributed by atoms with Crippen molar-refractivity contribution in [3.8, 4) is 5.75 Å². The van der Waals surface area contributed by atoms with Crippen LogP contribution in [-0.4, -0.2) is 36.5 Å². The minimum Gasteiger partial charge on any atom is -0.497 e. The van der Waals surface area contributed by atoms with Crippen molar-refractivity contribution in [3.05, 3.63) is 42.2 Å². The molecule has 1 aromatic carbocycles. The summed E-state index contributed by atoms with van der Waals surface area (Å²) < 4.78 is 35.0. The molecule has 2 N–H and O–H groups in total. The molecule has 1 unspecified atom stereocenters. The highest BCUT2D eigenvalue weighted by molar-refractivity contribution is 7.89. The normalized spacial score (nSPS) is 22.0. The lowest BCUT2D eigenvalue weighted by Crippen LogP contribution is -2.41. The molecule has 1 aliphatic rings. The summed E-state index contributed by atoms with van der Waals surface area (Å²) in [6.07, 6.45) is 4.23. The zero-order chi connectivity index (χ0) is 17.3. The van der Waals surface area contributed by atoms with Crippen molar-refractivity contribution in [3.63, 3.8) is 0 Å². The number of aryl methyl sites for hydroxylation is 1. The average molecular weight is 351 g/mol. The molecule has 1 aliphatic carbocycles.